The maximum absolute atomic E-state index is 6.47. The lowest BCUT2D eigenvalue weighted by Gasteiger charge is -2.25. The molecular weight excluding hydrogens is 482 g/mol. The molecule has 1 aromatic carbocycles. The second-order valence-corrected chi connectivity index (χ2v) is 11.7. The number of nitrogens with zero attached hydrogens (tertiary/aromatic N) is 1. The molecule has 1 saturated heterocycles. The summed E-state index contributed by atoms with van der Waals surface area (Å²) in [7, 11) is 1.68. The van der Waals surface area contributed by atoms with E-state index in [1.807, 2.05) is 49.7 Å². The second-order valence-electron chi connectivity index (χ2n) is 10.8. The number of hydrogen-bond donors (Lipinski definition) is 0. The first-order chi connectivity index (χ1) is 18.0. The molecule has 0 radical (unpaired) electrons. The summed E-state index contributed by atoms with van der Waals surface area (Å²) in [4.78, 5) is 4.59. The number of unbranched alkanes of at least 4 members (excludes halogenated alkanes) is 11. The van der Waals surface area contributed by atoms with Gasteiger partial charge in [0.05, 0.1) is 19.8 Å². The van der Waals surface area contributed by atoms with Crippen molar-refractivity contribution in [2.75, 3.05) is 7.11 Å². The maximum Gasteiger partial charge on any atom is 0.163 e. The molecule has 37 heavy (non-hydrogen) atoms. The van der Waals surface area contributed by atoms with Crippen molar-refractivity contribution in [3.63, 3.8) is 0 Å². The number of hydrogen-bond acceptors (Lipinski definition) is 6. The molecule has 0 saturated carbocycles. The Bertz CT molecular complexity index is 839. The highest BCUT2D eigenvalue weighted by atomic mass is 32.1. The number of aromatic nitrogens is 1. The number of benzene rings is 1. The third kappa shape index (κ3) is 10.7. The average Bonchev–Trinajstić information content (AvgIpc) is 3.53. The van der Waals surface area contributed by atoms with Crippen LogP contribution in [0.25, 0.3) is 0 Å². The Hall–Kier alpha value is -1.47. The molecule has 1 fully saturated rings. The quantitative estimate of drug-likeness (QED) is 0.169. The van der Waals surface area contributed by atoms with E-state index in [2.05, 4.69) is 11.9 Å². The van der Waals surface area contributed by atoms with Crippen LogP contribution in [0, 0.1) is 0 Å². The van der Waals surface area contributed by atoms with Gasteiger partial charge in [-0.2, -0.15) is 0 Å². The SMILES string of the molecule is CCCCCCCCCCCCCC[C@H]1OC(C)(C)O[C@H]1[C@H](OCc1ccc(OC)cc1)c1nccs1. The van der Waals surface area contributed by atoms with E-state index < -0.39 is 5.79 Å². The minimum atomic E-state index is -0.620. The van der Waals surface area contributed by atoms with Crippen molar-refractivity contribution in [3.05, 3.63) is 46.4 Å². The summed E-state index contributed by atoms with van der Waals surface area (Å²) in [5.74, 6) is 0.225. The summed E-state index contributed by atoms with van der Waals surface area (Å²) >= 11 is 1.62. The largest absolute Gasteiger partial charge is 0.497 e. The van der Waals surface area contributed by atoms with Crippen molar-refractivity contribution in [3.8, 4) is 5.75 Å². The van der Waals surface area contributed by atoms with Gasteiger partial charge in [-0.15, -0.1) is 11.3 Å². The van der Waals surface area contributed by atoms with Crippen LogP contribution in [0.5, 0.6) is 5.75 Å². The Kier molecular flexibility index (Phi) is 13.4. The van der Waals surface area contributed by atoms with Gasteiger partial charge in [0, 0.05) is 11.6 Å². The zero-order valence-corrected chi connectivity index (χ0v) is 24.4. The fourth-order valence-corrected chi connectivity index (χ4v) is 5.84. The molecule has 3 rings (SSSR count). The van der Waals surface area contributed by atoms with E-state index in [9.17, 15) is 0 Å². The molecule has 1 aliphatic heterocycles. The summed E-state index contributed by atoms with van der Waals surface area (Å²) in [6.45, 7) is 6.78. The number of rotatable bonds is 19. The predicted octanol–water partition coefficient (Wildman–Crippen LogP) is 9.02. The van der Waals surface area contributed by atoms with Crippen LogP contribution in [0.4, 0.5) is 0 Å². The zero-order valence-electron chi connectivity index (χ0n) is 23.6. The van der Waals surface area contributed by atoms with Gasteiger partial charge >= 0.3 is 0 Å². The number of methoxy groups -OCH3 is 1. The van der Waals surface area contributed by atoms with Crippen LogP contribution in [0.15, 0.2) is 35.8 Å². The molecular formula is C31H49NO4S. The zero-order chi connectivity index (χ0) is 26.3. The number of thiazole rings is 1. The van der Waals surface area contributed by atoms with Gasteiger partial charge in [-0.3, -0.25) is 0 Å². The Morgan fingerprint density at radius 1 is 0.892 bits per heavy atom. The smallest absolute Gasteiger partial charge is 0.163 e. The van der Waals surface area contributed by atoms with Crippen LogP contribution in [0.3, 0.4) is 0 Å². The standard InChI is InChI=1S/C31H49NO4S/c1-5-6-7-8-9-10-11-12-13-14-15-16-17-27-28(36-31(2,3)35-27)29(30-32-22-23-37-30)34-24-25-18-20-26(33-4)21-19-25/h18-23,27-29H,5-17,24H2,1-4H3/t27-,28-,29+/m1/s1. The average molecular weight is 532 g/mol. The van der Waals surface area contributed by atoms with E-state index in [0.29, 0.717) is 6.61 Å². The number of ether oxygens (including phenoxy) is 4. The minimum absolute atomic E-state index is 0.00267. The predicted molar refractivity (Wildman–Crippen MR) is 152 cm³/mol. The highest BCUT2D eigenvalue weighted by Crippen LogP contribution is 2.40. The van der Waals surface area contributed by atoms with Crippen LogP contribution < -0.4 is 4.74 Å². The van der Waals surface area contributed by atoms with Crippen LogP contribution in [-0.4, -0.2) is 30.1 Å². The van der Waals surface area contributed by atoms with Gasteiger partial charge in [0.15, 0.2) is 5.79 Å². The fourth-order valence-electron chi connectivity index (χ4n) is 5.12. The van der Waals surface area contributed by atoms with Crippen molar-refractivity contribution < 1.29 is 18.9 Å². The first kappa shape index (κ1) is 30.1. The van der Waals surface area contributed by atoms with Crippen molar-refractivity contribution in [2.45, 2.75) is 135 Å². The molecule has 2 heterocycles. The molecule has 1 aromatic heterocycles. The highest BCUT2D eigenvalue weighted by Gasteiger charge is 2.46. The van der Waals surface area contributed by atoms with Crippen molar-refractivity contribution in [2.24, 2.45) is 0 Å². The molecule has 5 nitrogen and oxygen atoms in total. The first-order valence-corrected chi connectivity index (χ1v) is 15.4. The summed E-state index contributed by atoms with van der Waals surface area (Å²) in [5, 5.41) is 2.94. The molecule has 3 atom stereocenters. The maximum atomic E-state index is 6.47. The normalized spacial score (nSPS) is 19.8. The van der Waals surface area contributed by atoms with Gasteiger partial charge in [0.1, 0.15) is 23.0 Å². The fraction of sp³-hybridized carbons (Fsp3) is 0.710. The van der Waals surface area contributed by atoms with Crippen molar-refractivity contribution in [1.29, 1.82) is 0 Å². The Morgan fingerprint density at radius 3 is 2.08 bits per heavy atom. The molecule has 208 valence electrons. The molecule has 2 aromatic rings. The molecule has 0 N–H and O–H groups in total. The molecule has 6 heteroatoms. The lowest BCUT2D eigenvalue weighted by molar-refractivity contribution is -0.161. The molecule has 0 amide bonds. The van der Waals surface area contributed by atoms with Gasteiger partial charge in [-0.05, 0) is 38.0 Å². The topological polar surface area (TPSA) is 49.8 Å². The van der Waals surface area contributed by atoms with Crippen LogP contribution in [-0.2, 0) is 20.8 Å². The van der Waals surface area contributed by atoms with Gasteiger partial charge in [0.25, 0.3) is 0 Å². The third-order valence-electron chi connectivity index (χ3n) is 7.15. The summed E-state index contributed by atoms with van der Waals surface area (Å²) in [5.41, 5.74) is 1.10. The van der Waals surface area contributed by atoms with Gasteiger partial charge in [-0.1, -0.05) is 96.1 Å². The molecule has 0 bridgehead atoms. The monoisotopic (exact) mass is 531 g/mol. The minimum Gasteiger partial charge on any atom is -0.497 e. The Morgan fingerprint density at radius 2 is 1.51 bits per heavy atom. The summed E-state index contributed by atoms with van der Waals surface area (Å²) in [6.07, 6.45) is 18.6. The van der Waals surface area contributed by atoms with Gasteiger partial charge in [-0.25, -0.2) is 4.98 Å². The van der Waals surface area contributed by atoms with E-state index in [4.69, 9.17) is 18.9 Å². The van der Waals surface area contributed by atoms with E-state index in [1.165, 1.54) is 70.6 Å². The van der Waals surface area contributed by atoms with E-state index in [0.717, 1.165) is 29.2 Å². The van der Waals surface area contributed by atoms with E-state index >= 15 is 0 Å². The van der Waals surface area contributed by atoms with Crippen LogP contribution >= 0.6 is 11.3 Å². The highest BCUT2D eigenvalue weighted by molar-refractivity contribution is 7.09. The van der Waals surface area contributed by atoms with Crippen molar-refractivity contribution >= 4 is 11.3 Å². The van der Waals surface area contributed by atoms with Crippen LogP contribution in [0.1, 0.15) is 121 Å². The lowest BCUT2D eigenvalue weighted by atomic mass is 10.0. The second kappa shape index (κ2) is 16.5. The van der Waals surface area contributed by atoms with Crippen molar-refractivity contribution in [1.82, 2.24) is 4.98 Å². The van der Waals surface area contributed by atoms with E-state index in [1.54, 1.807) is 18.4 Å². The lowest BCUT2D eigenvalue weighted by Crippen LogP contribution is -2.31. The molecule has 0 aliphatic carbocycles. The third-order valence-corrected chi connectivity index (χ3v) is 7.98. The first-order valence-electron chi connectivity index (χ1n) is 14.5. The van der Waals surface area contributed by atoms with Gasteiger partial charge < -0.3 is 18.9 Å². The molecule has 0 spiro atoms. The molecule has 0 unspecified atom stereocenters. The summed E-state index contributed by atoms with van der Waals surface area (Å²) < 4.78 is 24.6. The molecule has 1 aliphatic rings. The Balaban J connectivity index is 1.44. The van der Waals surface area contributed by atoms with Gasteiger partial charge in [0.2, 0.25) is 0 Å². The summed E-state index contributed by atoms with van der Waals surface area (Å²) in [6, 6.07) is 8.01. The Labute approximate surface area is 229 Å². The van der Waals surface area contributed by atoms with E-state index in [-0.39, 0.29) is 18.3 Å². The van der Waals surface area contributed by atoms with Crippen LogP contribution in [0.2, 0.25) is 0 Å².